The van der Waals surface area contributed by atoms with E-state index in [4.69, 9.17) is 23.4 Å². The molecule has 0 aliphatic carbocycles. The van der Waals surface area contributed by atoms with Crippen LogP contribution in [0.1, 0.15) is 27.7 Å². The van der Waals surface area contributed by atoms with Gasteiger partial charge in [-0.3, -0.25) is 0 Å². The second-order valence-corrected chi connectivity index (χ2v) is 13.2. The van der Waals surface area contributed by atoms with Crippen LogP contribution in [0.4, 0.5) is 4.79 Å². The van der Waals surface area contributed by atoms with Crippen molar-refractivity contribution < 1.29 is 28.2 Å². The first-order chi connectivity index (χ1) is 15.8. The van der Waals surface area contributed by atoms with Crippen molar-refractivity contribution in [3.8, 4) is 0 Å². The van der Waals surface area contributed by atoms with Crippen LogP contribution < -0.4 is 10.4 Å². The Hall–Kier alpha value is -2.45. The van der Waals surface area contributed by atoms with E-state index in [1.807, 2.05) is 43.3 Å². The standard InChI is InChI=1S/C26H34O6Si/c1-6-29-24-18-17-22(32-25(27)28-5)23(31-24)19-30-33(26(2,3)4,20-13-9-7-10-14-20)21-15-11-8-12-16-21/h7-18,22-24H,6,19H2,1-5H3/t22-,23+,24-/m0/s1. The van der Waals surface area contributed by atoms with E-state index in [2.05, 4.69) is 45.0 Å². The molecule has 33 heavy (non-hydrogen) atoms. The van der Waals surface area contributed by atoms with Crippen LogP contribution in [0.3, 0.4) is 0 Å². The number of hydrogen-bond acceptors (Lipinski definition) is 6. The molecule has 7 heteroatoms. The maximum Gasteiger partial charge on any atom is 0.508 e. The summed E-state index contributed by atoms with van der Waals surface area (Å²) in [4.78, 5) is 11.8. The van der Waals surface area contributed by atoms with Gasteiger partial charge >= 0.3 is 6.16 Å². The van der Waals surface area contributed by atoms with E-state index in [9.17, 15) is 4.79 Å². The molecule has 0 amide bonds. The Labute approximate surface area is 197 Å². The molecule has 0 spiro atoms. The average Bonchev–Trinajstić information content (AvgIpc) is 2.81. The van der Waals surface area contributed by atoms with Gasteiger partial charge in [-0.25, -0.2) is 4.79 Å². The van der Waals surface area contributed by atoms with Gasteiger partial charge in [0.25, 0.3) is 8.32 Å². The van der Waals surface area contributed by atoms with Crippen LogP contribution >= 0.6 is 0 Å². The van der Waals surface area contributed by atoms with E-state index in [-0.39, 0.29) is 11.6 Å². The molecule has 3 rings (SSSR count). The minimum Gasteiger partial charge on any atom is -0.438 e. The fraction of sp³-hybridized carbons (Fsp3) is 0.423. The van der Waals surface area contributed by atoms with E-state index in [1.165, 1.54) is 17.5 Å². The summed E-state index contributed by atoms with van der Waals surface area (Å²) in [7, 11) is -1.48. The van der Waals surface area contributed by atoms with Crippen molar-refractivity contribution in [1.29, 1.82) is 0 Å². The molecule has 0 saturated carbocycles. The summed E-state index contributed by atoms with van der Waals surface area (Å²) in [6.07, 6.45) is 1.04. The minimum atomic E-state index is -2.77. The summed E-state index contributed by atoms with van der Waals surface area (Å²) in [5, 5.41) is 2.15. The highest BCUT2D eigenvalue weighted by Crippen LogP contribution is 2.37. The van der Waals surface area contributed by atoms with E-state index in [0.717, 1.165) is 0 Å². The molecular weight excluding hydrogens is 436 g/mol. The smallest absolute Gasteiger partial charge is 0.438 e. The van der Waals surface area contributed by atoms with Gasteiger partial charge < -0.3 is 23.4 Å². The van der Waals surface area contributed by atoms with Crippen molar-refractivity contribution in [2.45, 2.75) is 51.2 Å². The van der Waals surface area contributed by atoms with Crippen LogP contribution in [0.15, 0.2) is 72.8 Å². The first kappa shape index (κ1) is 25.2. The predicted octanol–water partition coefficient (Wildman–Crippen LogP) is 4.03. The predicted molar refractivity (Wildman–Crippen MR) is 130 cm³/mol. The Bertz CT molecular complexity index is 870. The Morgan fingerprint density at radius 1 is 0.970 bits per heavy atom. The summed E-state index contributed by atoms with van der Waals surface area (Å²) >= 11 is 0. The van der Waals surface area contributed by atoms with E-state index in [0.29, 0.717) is 6.61 Å². The molecule has 0 fully saturated rings. The van der Waals surface area contributed by atoms with Crippen molar-refractivity contribution in [3.63, 3.8) is 0 Å². The fourth-order valence-corrected chi connectivity index (χ4v) is 8.83. The molecule has 2 aromatic carbocycles. The van der Waals surface area contributed by atoms with E-state index < -0.39 is 33.0 Å². The van der Waals surface area contributed by atoms with Crippen molar-refractivity contribution in [3.05, 3.63) is 72.8 Å². The van der Waals surface area contributed by atoms with Crippen molar-refractivity contribution in [2.24, 2.45) is 0 Å². The lowest BCUT2D eigenvalue weighted by atomic mass is 10.1. The van der Waals surface area contributed by atoms with E-state index in [1.54, 1.807) is 12.2 Å². The molecule has 0 radical (unpaired) electrons. The lowest BCUT2D eigenvalue weighted by Gasteiger charge is -2.44. The average molecular weight is 471 g/mol. The zero-order valence-electron chi connectivity index (χ0n) is 20.0. The van der Waals surface area contributed by atoms with Gasteiger partial charge in [0, 0.05) is 6.61 Å². The lowest BCUT2D eigenvalue weighted by Crippen LogP contribution is -2.67. The van der Waals surface area contributed by atoms with Crippen LogP contribution in [-0.2, 0) is 23.4 Å². The normalized spacial score (nSPS) is 20.9. The zero-order valence-corrected chi connectivity index (χ0v) is 21.0. The first-order valence-corrected chi connectivity index (χ1v) is 13.2. The van der Waals surface area contributed by atoms with Crippen LogP contribution in [0.25, 0.3) is 0 Å². The highest BCUT2D eigenvalue weighted by molar-refractivity contribution is 6.99. The number of carbonyl (C=O) groups is 1. The molecule has 3 atom stereocenters. The first-order valence-electron chi connectivity index (χ1n) is 11.3. The molecule has 1 aliphatic heterocycles. The van der Waals surface area contributed by atoms with Crippen LogP contribution in [0.5, 0.6) is 0 Å². The molecule has 1 heterocycles. The molecule has 1 aliphatic rings. The van der Waals surface area contributed by atoms with Gasteiger partial charge in [0.05, 0.1) is 13.7 Å². The molecule has 0 bridgehead atoms. The summed E-state index contributed by atoms with van der Waals surface area (Å²) in [5.74, 6) is 0. The van der Waals surface area contributed by atoms with Crippen molar-refractivity contribution in [2.75, 3.05) is 20.3 Å². The monoisotopic (exact) mass is 470 g/mol. The van der Waals surface area contributed by atoms with Crippen molar-refractivity contribution >= 4 is 24.8 Å². The highest BCUT2D eigenvalue weighted by atomic mass is 28.4. The quantitative estimate of drug-likeness (QED) is 0.330. The Balaban J connectivity index is 1.98. The number of rotatable bonds is 8. The van der Waals surface area contributed by atoms with Gasteiger partial charge in [-0.2, -0.15) is 0 Å². The van der Waals surface area contributed by atoms with Crippen molar-refractivity contribution in [1.82, 2.24) is 0 Å². The summed E-state index contributed by atoms with van der Waals surface area (Å²) in [5.41, 5.74) is 0. The second-order valence-electron chi connectivity index (χ2n) is 8.89. The maximum atomic E-state index is 11.8. The topological polar surface area (TPSA) is 63.2 Å². The maximum absolute atomic E-state index is 11.8. The molecule has 0 unspecified atom stereocenters. The zero-order chi connectivity index (χ0) is 23.9. The molecule has 0 aromatic heterocycles. The number of ether oxygens (including phenoxy) is 4. The van der Waals surface area contributed by atoms with Gasteiger partial charge in [-0.1, -0.05) is 81.4 Å². The minimum absolute atomic E-state index is 0.182. The molecule has 6 nitrogen and oxygen atoms in total. The van der Waals surface area contributed by atoms with Gasteiger partial charge in [-0.15, -0.1) is 0 Å². The van der Waals surface area contributed by atoms with Crippen LogP contribution in [-0.4, -0.2) is 53.3 Å². The lowest BCUT2D eigenvalue weighted by molar-refractivity contribution is -0.178. The largest absolute Gasteiger partial charge is 0.508 e. The third-order valence-corrected chi connectivity index (χ3v) is 10.7. The SMILES string of the molecule is CCO[C@@H]1C=C[C@H](OC(=O)OC)[C@@H](CO[Si](c2ccccc2)(c2ccccc2)C(C)(C)C)O1. The Kier molecular flexibility index (Phi) is 8.48. The molecule has 0 N–H and O–H groups in total. The molecule has 2 aromatic rings. The summed E-state index contributed by atoms with van der Waals surface area (Å²) in [6, 6.07) is 20.7. The fourth-order valence-electron chi connectivity index (χ4n) is 4.26. The van der Waals surface area contributed by atoms with Gasteiger partial charge in [0.15, 0.2) is 12.4 Å². The number of hydrogen-bond donors (Lipinski definition) is 0. The highest BCUT2D eigenvalue weighted by Gasteiger charge is 2.51. The molecular formula is C26H34O6Si. The second kappa shape index (κ2) is 11.1. The number of methoxy groups -OCH3 is 1. The van der Waals surface area contributed by atoms with Gasteiger partial charge in [-0.05, 0) is 34.5 Å². The Morgan fingerprint density at radius 2 is 1.55 bits per heavy atom. The Morgan fingerprint density at radius 3 is 2.03 bits per heavy atom. The number of benzene rings is 2. The number of carbonyl (C=O) groups excluding carboxylic acids is 1. The molecule has 178 valence electrons. The van der Waals surface area contributed by atoms with Crippen LogP contribution in [0, 0.1) is 0 Å². The summed E-state index contributed by atoms with van der Waals surface area (Å²) in [6.45, 7) is 9.27. The summed E-state index contributed by atoms with van der Waals surface area (Å²) < 4.78 is 28.9. The third kappa shape index (κ3) is 5.73. The van der Waals surface area contributed by atoms with E-state index >= 15 is 0 Å². The molecule has 0 saturated heterocycles. The third-order valence-electron chi connectivity index (χ3n) is 5.74. The van der Waals surface area contributed by atoms with Crippen LogP contribution in [0.2, 0.25) is 5.04 Å². The van der Waals surface area contributed by atoms with Gasteiger partial charge in [0.1, 0.15) is 6.10 Å². The van der Waals surface area contributed by atoms with Gasteiger partial charge in [0.2, 0.25) is 0 Å².